The molecule has 0 fully saturated rings. The van der Waals surface area contributed by atoms with Crippen molar-refractivity contribution in [1.29, 1.82) is 0 Å². The fourth-order valence-electron chi connectivity index (χ4n) is 3.40. The summed E-state index contributed by atoms with van der Waals surface area (Å²) in [5.41, 5.74) is 3.44. The zero-order chi connectivity index (χ0) is 23.2. The Morgan fingerprint density at radius 2 is 1.85 bits per heavy atom. The Labute approximate surface area is 202 Å². The van der Waals surface area contributed by atoms with E-state index in [0.717, 1.165) is 35.5 Å². The number of hydrogen-bond donors (Lipinski definition) is 1. The van der Waals surface area contributed by atoms with Crippen molar-refractivity contribution >= 4 is 35.0 Å². The van der Waals surface area contributed by atoms with Crippen molar-refractivity contribution < 1.29 is 4.79 Å². The van der Waals surface area contributed by atoms with Gasteiger partial charge in [-0.3, -0.25) is 9.78 Å². The van der Waals surface area contributed by atoms with Gasteiger partial charge in [-0.25, -0.2) is 0 Å². The highest BCUT2D eigenvalue weighted by Crippen LogP contribution is 2.37. The Morgan fingerprint density at radius 3 is 2.55 bits per heavy atom. The Balaban J connectivity index is 1.67. The standard InChI is InChI=1S/C25H24ClN5OS/c1-3-15-31-23(19-11-13-27-14-12-19)29-30-25(31)33-22(18-7-5-4-6-8-18)24(32)28-20-10-9-17(2)21(26)16-20/h4-14,16,22H,3,15H2,1-2H3,(H,28,32). The Hall–Kier alpha value is -3.16. The van der Waals surface area contributed by atoms with E-state index in [2.05, 4.69) is 32.0 Å². The predicted molar refractivity (Wildman–Crippen MR) is 133 cm³/mol. The van der Waals surface area contributed by atoms with Crippen molar-refractivity contribution in [3.05, 3.63) is 89.2 Å². The lowest BCUT2D eigenvalue weighted by Gasteiger charge is -2.18. The molecule has 8 heteroatoms. The first-order chi connectivity index (χ1) is 16.1. The Bertz CT molecular complexity index is 1230. The van der Waals surface area contributed by atoms with Crippen molar-refractivity contribution in [2.75, 3.05) is 5.32 Å². The number of aromatic nitrogens is 4. The van der Waals surface area contributed by atoms with E-state index in [0.29, 0.717) is 15.9 Å². The second kappa shape index (κ2) is 10.6. The first kappa shape index (κ1) is 23.0. The number of rotatable bonds is 8. The highest BCUT2D eigenvalue weighted by Gasteiger charge is 2.26. The Kier molecular flexibility index (Phi) is 7.42. The predicted octanol–water partition coefficient (Wildman–Crippen LogP) is 6.18. The average Bonchev–Trinajstić information content (AvgIpc) is 3.23. The van der Waals surface area contributed by atoms with E-state index in [1.165, 1.54) is 11.8 Å². The molecule has 0 bridgehead atoms. The number of aryl methyl sites for hydroxylation is 1. The lowest BCUT2D eigenvalue weighted by molar-refractivity contribution is -0.115. The molecule has 4 rings (SSSR count). The quantitative estimate of drug-likeness (QED) is 0.306. The smallest absolute Gasteiger partial charge is 0.242 e. The molecule has 1 N–H and O–H groups in total. The first-order valence-electron chi connectivity index (χ1n) is 10.7. The van der Waals surface area contributed by atoms with Gasteiger partial charge in [-0.2, -0.15) is 0 Å². The zero-order valence-electron chi connectivity index (χ0n) is 18.4. The molecule has 2 aromatic heterocycles. The van der Waals surface area contributed by atoms with Crippen LogP contribution in [-0.4, -0.2) is 25.7 Å². The van der Waals surface area contributed by atoms with Crippen molar-refractivity contribution in [2.45, 2.75) is 37.2 Å². The molecule has 0 radical (unpaired) electrons. The summed E-state index contributed by atoms with van der Waals surface area (Å²) < 4.78 is 2.06. The van der Waals surface area contributed by atoms with Gasteiger partial charge in [0.25, 0.3) is 0 Å². The maximum atomic E-state index is 13.4. The molecule has 1 unspecified atom stereocenters. The van der Waals surface area contributed by atoms with Gasteiger partial charge >= 0.3 is 0 Å². The van der Waals surface area contributed by atoms with Gasteiger partial charge in [-0.1, -0.05) is 66.7 Å². The van der Waals surface area contributed by atoms with E-state index in [9.17, 15) is 4.79 Å². The van der Waals surface area contributed by atoms with Gasteiger partial charge in [0.15, 0.2) is 11.0 Å². The summed E-state index contributed by atoms with van der Waals surface area (Å²) in [5, 5.41) is 12.7. The van der Waals surface area contributed by atoms with Crippen LogP contribution >= 0.6 is 23.4 Å². The van der Waals surface area contributed by atoms with Crippen LogP contribution in [0.1, 0.15) is 29.7 Å². The second-order valence-corrected chi connectivity index (χ2v) is 9.03. The molecule has 33 heavy (non-hydrogen) atoms. The van der Waals surface area contributed by atoms with Gasteiger partial charge in [0.05, 0.1) is 0 Å². The summed E-state index contributed by atoms with van der Waals surface area (Å²) in [5.74, 6) is 0.613. The second-order valence-electron chi connectivity index (χ2n) is 7.56. The molecule has 2 heterocycles. The molecule has 0 aliphatic heterocycles. The number of carbonyl (C=O) groups is 1. The van der Waals surface area contributed by atoms with Gasteiger partial charge < -0.3 is 9.88 Å². The number of benzene rings is 2. The number of pyridine rings is 1. The molecule has 0 aliphatic carbocycles. The summed E-state index contributed by atoms with van der Waals surface area (Å²) in [7, 11) is 0. The van der Waals surface area contributed by atoms with E-state index in [1.54, 1.807) is 18.5 Å². The van der Waals surface area contributed by atoms with Crippen LogP contribution in [0.15, 0.2) is 78.2 Å². The summed E-state index contributed by atoms with van der Waals surface area (Å²) in [6.07, 6.45) is 4.38. The fourth-order valence-corrected chi connectivity index (χ4v) is 4.64. The molecule has 0 spiro atoms. The molecule has 4 aromatic rings. The zero-order valence-corrected chi connectivity index (χ0v) is 20.0. The summed E-state index contributed by atoms with van der Waals surface area (Å²) in [6, 6.07) is 19.0. The molecule has 0 saturated carbocycles. The van der Waals surface area contributed by atoms with E-state index < -0.39 is 5.25 Å². The third kappa shape index (κ3) is 5.43. The number of carbonyl (C=O) groups excluding carboxylic acids is 1. The van der Waals surface area contributed by atoms with Crippen LogP contribution in [0.25, 0.3) is 11.4 Å². The molecular formula is C25H24ClN5OS. The average molecular weight is 478 g/mol. The van der Waals surface area contributed by atoms with Crippen molar-refractivity contribution in [3.8, 4) is 11.4 Å². The van der Waals surface area contributed by atoms with Gasteiger partial charge in [0.2, 0.25) is 5.91 Å². The number of halogens is 1. The number of nitrogens with one attached hydrogen (secondary N) is 1. The van der Waals surface area contributed by atoms with Gasteiger partial charge in [0, 0.05) is 35.2 Å². The van der Waals surface area contributed by atoms with Crippen LogP contribution in [0.3, 0.4) is 0 Å². The fraction of sp³-hybridized carbons (Fsp3) is 0.200. The third-order valence-corrected chi connectivity index (χ3v) is 6.75. The van der Waals surface area contributed by atoms with E-state index in [-0.39, 0.29) is 5.91 Å². The van der Waals surface area contributed by atoms with Crippen LogP contribution in [0.4, 0.5) is 5.69 Å². The normalized spacial score (nSPS) is 11.8. The van der Waals surface area contributed by atoms with Gasteiger partial charge in [-0.05, 0) is 48.7 Å². The molecule has 0 saturated heterocycles. The molecular weight excluding hydrogens is 454 g/mol. The van der Waals surface area contributed by atoms with Crippen molar-refractivity contribution in [1.82, 2.24) is 19.7 Å². The highest BCUT2D eigenvalue weighted by atomic mass is 35.5. The number of hydrogen-bond acceptors (Lipinski definition) is 5. The highest BCUT2D eigenvalue weighted by molar-refractivity contribution is 8.00. The van der Waals surface area contributed by atoms with Crippen LogP contribution in [-0.2, 0) is 11.3 Å². The molecule has 6 nitrogen and oxygen atoms in total. The topological polar surface area (TPSA) is 72.7 Å². The SMILES string of the molecule is CCCn1c(SC(C(=O)Nc2ccc(C)c(Cl)c2)c2ccccc2)nnc1-c1ccncc1. The van der Waals surface area contributed by atoms with Gasteiger partial charge in [-0.15, -0.1) is 10.2 Å². The lowest BCUT2D eigenvalue weighted by Crippen LogP contribution is -2.19. The van der Waals surface area contributed by atoms with E-state index in [4.69, 9.17) is 11.6 Å². The third-order valence-electron chi connectivity index (χ3n) is 5.11. The van der Waals surface area contributed by atoms with Crippen molar-refractivity contribution in [3.63, 3.8) is 0 Å². The largest absolute Gasteiger partial charge is 0.325 e. The number of thioether (sulfide) groups is 1. The lowest BCUT2D eigenvalue weighted by atomic mass is 10.1. The molecule has 0 aliphatic rings. The molecule has 168 valence electrons. The van der Waals surface area contributed by atoms with Gasteiger partial charge in [0.1, 0.15) is 5.25 Å². The van der Waals surface area contributed by atoms with Crippen molar-refractivity contribution in [2.24, 2.45) is 0 Å². The van der Waals surface area contributed by atoms with Crippen LogP contribution < -0.4 is 5.32 Å². The minimum Gasteiger partial charge on any atom is -0.325 e. The van der Waals surface area contributed by atoms with Crippen LogP contribution in [0, 0.1) is 6.92 Å². The van der Waals surface area contributed by atoms with E-state index >= 15 is 0 Å². The number of anilines is 1. The molecule has 1 atom stereocenters. The number of amides is 1. The maximum Gasteiger partial charge on any atom is 0.242 e. The summed E-state index contributed by atoms with van der Waals surface area (Å²) in [4.78, 5) is 17.5. The molecule has 1 amide bonds. The number of nitrogens with zero attached hydrogens (tertiary/aromatic N) is 4. The minimum atomic E-state index is -0.517. The van der Waals surface area contributed by atoms with Crippen LogP contribution in [0.2, 0.25) is 5.02 Å². The first-order valence-corrected chi connectivity index (χ1v) is 11.9. The summed E-state index contributed by atoms with van der Waals surface area (Å²) in [6.45, 7) is 4.77. The van der Waals surface area contributed by atoms with E-state index in [1.807, 2.05) is 61.5 Å². The summed E-state index contributed by atoms with van der Waals surface area (Å²) >= 11 is 7.64. The molecule has 2 aromatic carbocycles. The minimum absolute atomic E-state index is 0.150. The monoisotopic (exact) mass is 477 g/mol. The maximum absolute atomic E-state index is 13.4. The van der Waals surface area contributed by atoms with Crippen LogP contribution in [0.5, 0.6) is 0 Å². The Morgan fingerprint density at radius 1 is 1.09 bits per heavy atom.